The molecule has 3 heteroatoms. The molecule has 0 aliphatic carbocycles. The third-order valence-electron chi connectivity index (χ3n) is 1.62. The van der Waals surface area contributed by atoms with E-state index in [1.807, 2.05) is 0 Å². The van der Waals surface area contributed by atoms with Crippen molar-refractivity contribution in [2.45, 2.75) is 18.7 Å². The van der Waals surface area contributed by atoms with Gasteiger partial charge in [-0.25, -0.2) is 8.78 Å². The van der Waals surface area contributed by atoms with Crippen LogP contribution in [0.1, 0.15) is 18.1 Å². The number of rotatable bonds is 2. The number of alkyl halides is 3. The molecule has 0 aromatic heterocycles. The van der Waals surface area contributed by atoms with Gasteiger partial charge < -0.3 is 0 Å². The van der Waals surface area contributed by atoms with Gasteiger partial charge in [0.1, 0.15) is 0 Å². The van der Waals surface area contributed by atoms with Crippen molar-refractivity contribution in [2.24, 2.45) is 0 Å². The Kier molecular flexibility index (Phi) is 2.68. The number of hydrogen-bond donors (Lipinski definition) is 0. The number of hydrogen-bond acceptors (Lipinski definition) is 0. The maximum atomic E-state index is 12.7. The molecule has 0 aliphatic rings. The molecule has 1 aromatic rings. The Morgan fingerprint density at radius 1 is 1.25 bits per heavy atom. The molecule has 12 heavy (non-hydrogen) atoms. The van der Waals surface area contributed by atoms with E-state index in [9.17, 15) is 8.78 Å². The molecule has 0 amide bonds. The quantitative estimate of drug-likeness (QED) is 0.626. The van der Waals surface area contributed by atoms with Crippen LogP contribution in [0.2, 0.25) is 0 Å². The van der Waals surface area contributed by atoms with Gasteiger partial charge in [-0.3, -0.25) is 0 Å². The minimum absolute atomic E-state index is 0.0244. The van der Waals surface area contributed by atoms with Crippen LogP contribution in [-0.4, -0.2) is 0 Å². The second-order valence-corrected chi connectivity index (χ2v) is 2.99. The van der Waals surface area contributed by atoms with Crippen LogP contribution in [0, 0.1) is 0 Å². The Bertz CT molecular complexity index is 248. The molecule has 0 saturated carbocycles. The zero-order valence-electron chi connectivity index (χ0n) is 6.65. The first-order chi connectivity index (χ1) is 5.54. The predicted octanol–water partition coefficient (Wildman–Crippen LogP) is 3.54. The first kappa shape index (κ1) is 9.46. The molecule has 0 aliphatic heterocycles. The lowest BCUT2D eigenvalue weighted by atomic mass is 10.1. The van der Waals surface area contributed by atoms with E-state index >= 15 is 0 Å². The molecule has 0 unspecified atom stereocenters. The summed E-state index contributed by atoms with van der Waals surface area (Å²) < 4.78 is 25.3. The standard InChI is InChI=1S/C9H9ClF2/c1-9(11,12)8-4-2-7(6-10)3-5-8/h2-5H,6H2,1H3. The monoisotopic (exact) mass is 190 g/mol. The summed E-state index contributed by atoms with van der Waals surface area (Å²) in [5, 5.41) is 0. The van der Waals surface area contributed by atoms with Crippen molar-refractivity contribution in [2.75, 3.05) is 0 Å². The molecular formula is C9H9ClF2. The Labute approximate surface area is 75.2 Å². The summed E-state index contributed by atoms with van der Waals surface area (Å²) in [5.41, 5.74) is 0.876. The molecule has 66 valence electrons. The highest BCUT2D eigenvalue weighted by Gasteiger charge is 2.23. The lowest BCUT2D eigenvalue weighted by molar-refractivity contribution is 0.0174. The van der Waals surface area contributed by atoms with Crippen molar-refractivity contribution in [3.8, 4) is 0 Å². The molecule has 0 saturated heterocycles. The van der Waals surface area contributed by atoms with E-state index in [-0.39, 0.29) is 5.56 Å². The summed E-state index contributed by atoms with van der Waals surface area (Å²) in [7, 11) is 0. The topological polar surface area (TPSA) is 0 Å². The van der Waals surface area contributed by atoms with Crippen molar-refractivity contribution in [1.82, 2.24) is 0 Å². The van der Waals surface area contributed by atoms with Gasteiger partial charge in [-0.05, 0) is 5.56 Å². The minimum atomic E-state index is -2.76. The number of halogens is 3. The summed E-state index contributed by atoms with van der Waals surface area (Å²) in [6.07, 6.45) is 0. The van der Waals surface area contributed by atoms with E-state index < -0.39 is 5.92 Å². The van der Waals surface area contributed by atoms with Crippen molar-refractivity contribution in [3.63, 3.8) is 0 Å². The molecule has 0 bridgehead atoms. The zero-order valence-corrected chi connectivity index (χ0v) is 7.41. The summed E-state index contributed by atoms with van der Waals surface area (Å²) in [6.45, 7) is 0.878. The SMILES string of the molecule is CC(F)(F)c1ccc(CCl)cc1. The maximum Gasteiger partial charge on any atom is 0.270 e. The van der Waals surface area contributed by atoms with Crippen molar-refractivity contribution >= 4 is 11.6 Å². The Balaban J connectivity index is 2.93. The summed E-state index contributed by atoms with van der Waals surface area (Å²) in [5.74, 6) is -2.40. The lowest BCUT2D eigenvalue weighted by Gasteiger charge is -2.10. The van der Waals surface area contributed by atoms with Gasteiger partial charge in [-0.2, -0.15) is 0 Å². The van der Waals surface area contributed by atoms with Gasteiger partial charge in [0.2, 0.25) is 0 Å². The minimum Gasteiger partial charge on any atom is -0.202 e. The fourth-order valence-electron chi connectivity index (χ4n) is 0.886. The summed E-state index contributed by atoms with van der Waals surface area (Å²) >= 11 is 5.51. The molecule has 0 N–H and O–H groups in total. The van der Waals surface area contributed by atoms with E-state index in [1.54, 1.807) is 12.1 Å². The highest BCUT2D eigenvalue weighted by molar-refractivity contribution is 6.17. The van der Waals surface area contributed by atoms with E-state index in [0.717, 1.165) is 12.5 Å². The van der Waals surface area contributed by atoms with Crippen LogP contribution in [0.3, 0.4) is 0 Å². The van der Waals surface area contributed by atoms with Crippen LogP contribution in [0.4, 0.5) is 8.78 Å². The molecule has 0 fully saturated rings. The highest BCUT2D eigenvalue weighted by atomic mass is 35.5. The van der Waals surface area contributed by atoms with E-state index in [0.29, 0.717) is 5.88 Å². The third kappa shape index (κ3) is 2.18. The van der Waals surface area contributed by atoms with Gasteiger partial charge in [0.25, 0.3) is 5.92 Å². The van der Waals surface area contributed by atoms with Crippen molar-refractivity contribution < 1.29 is 8.78 Å². The molecule has 0 radical (unpaired) electrons. The average Bonchev–Trinajstić information content (AvgIpc) is 2.03. The first-order valence-electron chi connectivity index (χ1n) is 3.57. The van der Waals surface area contributed by atoms with Crippen LogP contribution in [-0.2, 0) is 11.8 Å². The third-order valence-corrected chi connectivity index (χ3v) is 1.92. The molecule has 1 rings (SSSR count). The summed E-state index contributed by atoms with van der Waals surface area (Å²) in [6, 6.07) is 6.02. The fourth-order valence-corrected chi connectivity index (χ4v) is 1.06. The van der Waals surface area contributed by atoms with Crippen LogP contribution in [0.25, 0.3) is 0 Å². The molecule has 0 nitrogen and oxygen atoms in total. The van der Waals surface area contributed by atoms with Crippen LogP contribution >= 0.6 is 11.6 Å². The van der Waals surface area contributed by atoms with Gasteiger partial charge in [0, 0.05) is 18.4 Å². The van der Waals surface area contributed by atoms with E-state index in [1.165, 1.54) is 12.1 Å². The van der Waals surface area contributed by atoms with Crippen LogP contribution in [0.5, 0.6) is 0 Å². The van der Waals surface area contributed by atoms with Gasteiger partial charge in [0.15, 0.2) is 0 Å². The van der Waals surface area contributed by atoms with Crippen LogP contribution < -0.4 is 0 Å². The van der Waals surface area contributed by atoms with Gasteiger partial charge >= 0.3 is 0 Å². The maximum absolute atomic E-state index is 12.7. The molecule has 1 aromatic carbocycles. The fraction of sp³-hybridized carbons (Fsp3) is 0.333. The molecular weight excluding hydrogens is 182 g/mol. The largest absolute Gasteiger partial charge is 0.270 e. The predicted molar refractivity (Wildman–Crippen MR) is 45.6 cm³/mol. The average molecular weight is 191 g/mol. The Morgan fingerprint density at radius 3 is 2.08 bits per heavy atom. The van der Waals surface area contributed by atoms with Gasteiger partial charge in [-0.1, -0.05) is 24.3 Å². The van der Waals surface area contributed by atoms with E-state index in [2.05, 4.69) is 0 Å². The number of benzene rings is 1. The Hall–Kier alpha value is -0.630. The normalized spacial score (nSPS) is 11.7. The smallest absolute Gasteiger partial charge is 0.202 e. The zero-order chi connectivity index (χ0) is 9.19. The molecule has 0 heterocycles. The van der Waals surface area contributed by atoms with Gasteiger partial charge in [-0.15, -0.1) is 11.6 Å². The molecule has 0 atom stereocenters. The summed E-state index contributed by atoms with van der Waals surface area (Å²) in [4.78, 5) is 0. The van der Waals surface area contributed by atoms with Gasteiger partial charge in [0.05, 0.1) is 0 Å². The van der Waals surface area contributed by atoms with E-state index in [4.69, 9.17) is 11.6 Å². The molecule has 0 spiro atoms. The second kappa shape index (κ2) is 3.40. The highest BCUT2D eigenvalue weighted by Crippen LogP contribution is 2.26. The van der Waals surface area contributed by atoms with Crippen molar-refractivity contribution in [3.05, 3.63) is 35.4 Å². The lowest BCUT2D eigenvalue weighted by Crippen LogP contribution is -2.06. The van der Waals surface area contributed by atoms with Crippen molar-refractivity contribution in [1.29, 1.82) is 0 Å². The second-order valence-electron chi connectivity index (χ2n) is 2.72. The van der Waals surface area contributed by atoms with Crippen LogP contribution in [0.15, 0.2) is 24.3 Å². The first-order valence-corrected chi connectivity index (χ1v) is 4.10. The Morgan fingerprint density at radius 2 is 1.75 bits per heavy atom.